The van der Waals surface area contributed by atoms with Crippen molar-refractivity contribution in [2.24, 2.45) is 0 Å². The Morgan fingerprint density at radius 2 is 2.00 bits per heavy atom. The van der Waals surface area contributed by atoms with Gasteiger partial charge in [0.05, 0.1) is 27.1 Å². The molecule has 0 radical (unpaired) electrons. The summed E-state index contributed by atoms with van der Waals surface area (Å²) in [6.45, 7) is 0. The summed E-state index contributed by atoms with van der Waals surface area (Å²) in [5.74, 6) is 0. The fraction of sp³-hybridized carbons (Fsp3) is 0. The third-order valence-electron chi connectivity index (χ3n) is 0.999. The largest absolute Gasteiger partial charge is 0.160 e. The third kappa shape index (κ3) is 1.57. The molecule has 0 heterocycles. The Balaban J connectivity index is 3.14. The molecule has 0 bridgehead atoms. The van der Waals surface area contributed by atoms with Crippen LogP contribution in [0.2, 0.25) is 10.0 Å². The lowest BCUT2D eigenvalue weighted by molar-refractivity contribution is 0.934. The first-order valence-electron chi connectivity index (χ1n) is 2.48. The van der Waals surface area contributed by atoms with Gasteiger partial charge in [0, 0.05) is 0 Å². The van der Waals surface area contributed by atoms with E-state index in [9.17, 15) is 3.89 Å². The van der Waals surface area contributed by atoms with Crippen molar-refractivity contribution in [1.82, 2.24) is 0 Å². The van der Waals surface area contributed by atoms with Gasteiger partial charge in [-0.05, 0) is 12.1 Å². The van der Waals surface area contributed by atoms with Gasteiger partial charge in [0.15, 0.2) is 0 Å². The van der Waals surface area contributed by atoms with Crippen LogP contribution in [-0.2, 0) is 0 Å². The Labute approximate surface area is 72.6 Å². The van der Waals surface area contributed by atoms with Crippen molar-refractivity contribution in [2.45, 2.75) is 4.90 Å². The second-order valence-corrected chi connectivity index (χ2v) is 3.01. The van der Waals surface area contributed by atoms with Gasteiger partial charge in [0.1, 0.15) is 0 Å². The molecule has 0 aliphatic rings. The summed E-state index contributed by atoms with van der Waals surface area (Å²) < 4.78 is 11.9. The van der Waals surface area contributed by atoms with Crippen LogP contribution in [0.1, 0.15) is 0 Å². The van der Waals surface area contributed by atoms with Gasteiger partial charge >= 0.3 is 0 Å². The molecule has 4 heteroatoms. The van der Waals surface area contributed by atoms with E-state index in [1.54, 1.807) is 18.2 Å². The molecule has 10 heavy (non-hydrogen) atoms. The molecule has 0 aromatic heterocycles. The minimum atomic E-state index is 0.0932. The lowest BCUT2D eigenvalue weighted by Crippen LogP contribution is -1.71. The summed E-state index contributed by atoms with van der Waals surface area (Å²) in [6.07, 6.45) is 0. The van der Waals surface area contributed by atoms with E-state index < -0.39 is 0 Å². The summed E-state index contributed by atoms with van der Waals surface area (Å²) in [5, 5.41) is 0.654. The standard InChI is InChI=1S/C6H3Cl2FS/c7-4-2-1-3-5(10-9)6(4)8/h1-3H. The molecule has 54 valence electrons. The van der Waals surface area contributed by atoms with Crippen molar-refractivity contribution in [1.29, 1.82) is 0 Å². The van der Waals surface area contributed by atoms with E-state index in [0.29, 0.717) is 9.92 Å². The third-order valence-corrected chi connectivity index (χ3v) is 2.44. The maximum absolute atomic E-state index is 11.9. The molecule has 0 aliphatic heterocycles. The Bertz CT molecular complexity index is 239. The molecular formula is C6H3Cl2FS. The van der Waals surface area contributed by atoms with Gasteiger partial charge in [-0.1, -0.05) is 29.3 Å². The van der Waals surface area contributed by atoms with Crippen LogP contribution in [-0.4, -0.2) is 0 Å². The molecule has 0 fully saturated rings. The second kappa shape index (κ2) is 3.46. The molecule has 0 saturated heterocycles. The van der Waals surface area contributed by atoms with Crippen LogP contribution in [0.25, 0.3) is 0 Å². The van der Waals surface area contributed by atoms with Crippen LogP contribution in [0.3, 0.4) is 0 Å². The van der Waals surface area contributed by atoms with Crippen molar-refractivity contribution < 1.29 is 3.89 Å². The average Bonchev–Trinajstić information content (AvgIpc) is 1.95. The number of hydrogen-bond acceptors (Lipinski definition) is 1. The molecule has 0 aliphatic carbocycles. The van der Waals surface area contributed by atoms with Gasteiger partial charge in [-0.25, -0.2) is 0 Å². The summed E-state index contributed by atoms with van der Waals surface area (Å²) >= 11 is 11.3. The van der Waals surface area contributed by atoms with E-state index in [1.165, 1.54) is 0 Å². The van der Waals surface area contributed by atoms with Crippen LogP contribution in [0.4, 0.5) is 3.89 Å². The summed E-state index contributed by atoms with van der Waals surface area (Å²) in [7, 11) is 0. The lowest BCUT2D eigenvalue weighted by atomic mass is 10.4. The van der Waals surface area contributed by atoms with Crippen LogP contribution < -0.4 is 0 Å². The molecule has 0 unspecified atom stereocenters. The lowest BCUT2D eigenvalue weighted by Gasteiger charge is -1.97. The van der Waals surface area contributed by atoms with Gasteiger partial charge in [-0.2, -0.15) is 3.89 Å². The van der Waals surface area contributed by atoms with Crippen LogP contribution in [0.15, 0.2) is 23.1 Å². The first-order valence-corrected chi connectivity index (χ1v) is 3.95. The summed E-state index contributed by atoms with van der Waals surface area (Å²) in [4.78, 5) is 0.356. The Hall–Kier alpha value is 0.0800. The monoisotopic (exact) mass is 196 g/mol. The number of rotatable bonds is 1. The minimum absolute atomic E-state index is 0.0932. The SMILES string of the molecule is FSc1cccc(Cl)c1Cl. The van der Waals surface area contributed by atoms with E-state index in [4.69, 9.17) is 23.2 Å². The zero-order valence-corrected chi connectivity index (χ0v) is 7.10. The quantitative estimate of drug-likeness (QED) is 0.656. The first-order chi connectivity index (χ1) is 4.75. The number of benzene rings is 1. The van der Waals surface area contributed by atoms with E-state index in [1.807, 2.05) is 0 Å². The topological polar surface area (TPSA) is 0 Å². The molecule has 1 rings (SSSR count). The van der Waals surface area contributed by atoms with Crippen molar-refractivity contribution in [3.05, 3.63) is 28.2 Å². The molecule has 1 aromatic carbocycles. The molecule has 0 N–H and O–H groups in total. The van der Waals surface area contributed by atoms with Crippen LogP contribution >= 0.6 is 35.3 Å². The minimum Gasteiger partial charge on any atom is -0.160 e. The normalized spacial score (nSPS) is 9.90. The predicted molar refractivity (Wildman–Crippen MR) is 43.4 cm³/mol. The average molecular weight is 197 g/mol. The van der Waals surface area contributed by atoms with Crippen molar-refractivity contribution in [3.63, 3.8) is 0 Å². The van der Waals surface area contributed by atoms with Crippen molar-refractivity contribution in [2.75, 3.05) is 0 Å². The van der Waals surface area contributed by atoms with Gasteiger partial charge < -0.3 is 0 Å². The van der Waals surface area contributed by atoms with E-state index >= 15 is 0 Å². The zero-order chi connectivity index (χ0) is 7.56. The summed E-state index contributed by atoms with van der Waals surface area (Å²) in [5.41, 5.74) is 0. The van der Waals surface area contributed by atoms with Crippen LogP contribution in [0, 0.1) is 0 Å². The smallest absolute Gasteiger partial charge is 0.0828 e. The molecule has 0 atom stereocenters. The molecular weight excluding hydrogens is 194 g/mol. The maximum atomic E-state index is 11.9. The van der Waals surface area contributed by atoms with Crippen molar-refractivity contribution in [3.8, 4) is 0 Å². The molecule has 1 aromatic rings. The molecule has 0 saturated carbocycles. The highest BCUT2D eigenvalue weighted by Gasteiger charge is 2.03. The number of halogens is 3. The Kier molecular flexibility index (Phi) is 2.83. The Morgan fingerprint density at radius 3 is 2.50 bits per heavy atom. The maximum Gasteiger partial charge on any atom is 0.0828 e. The molecule has 0 nitrogen and oxygen atoms in total. The highest BCUT2D eigenvalue weighted by Crippen LogP contribution is 2.32. The molecule has 0 spiro atoms. The fourth-order valence-electron chi connectivity index (χ4n) is 0.544. The zero-order valence-electron chi connectivity index (χ0n) is 4.77. The van der Waals surface area contributed by atoms with E-state index in [2.05, 4.69) is 0 Å². The van der Waals surface area contributed by atoms with Gasteiger partial charge in [-0.3, -0.25) is 0 Å². The first kappa shape index (κ1) is 8.18. The van der Waals surface area contributed by atoms with Gasteiger partial charge in [-0.15, -0.1) is 0 Å². The van der Waals surface area contributed by atoms with Gasteiger partial charge in [0.25, 0.3) is 0 Å². The highest BCUT2D eigenvalue weighted by atomic mass is 35.5. The van der Waals surface area contributed by atoms with Crippen LogP contribution in [0.5, 0.6) is 0 Å². The van der Waals surface area contributed by atoms with Crippen molar-refractivity contribution >= 4 is 35.3 Å². The van der Waals surface area contributed by atoms with E-state index in [0.717, 1.165) is 0 Å². The Morgan fingerprint density at radius 1 is 1.30 bits per heavy atom. The second-order valence-electron chi connectivity index (χ2n) is 1.63. The van der Waals surface area contributed by atoms with Gasteiger partial charge in [0.2, 0.25) is 0 Å². The highest BCUT2D eigenvalue weighted by molar-refractivity contribution is 7.94. The number of hydrogen-bond donors (Lipinski definition) is 0. The summed E-state index contributed by atoms with van der Waals surface area (Å²) in [6, 6.07) is 4.83. The molecule has 0 amide bonds. The fourth-order valence-corrected chi connectivity index (χ4v) is 1.30. The van der Waals surface area contributed by atoms with E-state index in [-0.39, 0.29) is 17.2 Å². The predicted octanol–water partition coefficient (Wildman–Crippen LogP) is 3.97.